The topological polar surface area (TPSA) is 56.0 Å². The molecule has 2 N–H and O–H groups in total. The highest BCUT2D eigenvalue weighted by Gasteiger charge is 2.02. The molecule has 0 bridgehead atoms. The van der Waals surface area contributed by atoms with Crippen LogP contribution in [0, 0.1) is 18.3 Å². The lowest BCUT2D eigenvalue weighted by Gasteiger charge is -2.10. The molecule has 0 aliphatic heterocycles. The van der Waals surface area contributed by atoms with Crippen LogP contribution < -0.4 is 5.32 Å². The van der Waals surface area contributed by atoms with Gasteiger partial charge >= 0.3 is 0 Å². The number of alkyl halides is 1. The Kier molecular flexibility index (Phi) is 4.41. The number of hydrogen-bond acceptors (Lipinski definition) is 3. The molecule has 1 aromatic carbocycles. The monoisotopic (exact) mass is 224 g/mol. The zero-order valence-corrected chi connectivity index (χ0v) is 9.25. The van der Waals surface area contributed by atoms with E-state index in [4.69, 9.17) is 16.9 Å². The van der Waals surface area contributed by atoms with Crippen LogP contribution in [0.25, 0.3) is 0 Å². The second-order valence-corrected chi connectivity index (χ2v) is 3.70. The number of nitrogens with one attached hydrogen (secondary N) is 1. The molecule has 3 nitrogen and oxygen atoms in total. The van der Waals surface area contributed by atoms with Crippen LogP contribution >= 0.6 is 11.6 Å². The molecule has 0 saturated carbocycles. The Hall–Kier alpha value is -1.24. The summed E-state index contributed by atoms with van der Waals surface area (Å²) in [5.74, 6) is 0.198. The van der Waals surface area contributed by atoms with E-state index >= 15 is 0 Å². The molecule has 0 aliphatic carbocycles. The van der Waals surface area contributed by atoms with Gasteiger partial charge in [-0.25, -0.2) is 0 Å². The molecule has 1 rings (SSSR count). The summed E-state index contributed by atoms with van der Waals surface area (Å²) in [7, 11) is 0. The Morgan fingerprint density at radius 1 is 1.53 bits per heavy atom. The van der Waals surface area contributed by atoms with Crippen LogP contribution in [0.5, 0.6) is 0 Å². The highest BCUT2D eigenvalue weighted by atomic mass is 35.5. The number of rotatable bonds is 4. The van der Waals surface area contributed by atoms with E-state index in [2.05, 4.69) is 11.4 Å². The predicted octanol–water partition coefficient (Wildman–Crippen LogP) is 1.88. The molecule has 0 fully saturated rings. The molecular formula is C11H13ClN2O. The van der Waals surface area contributed by atoms with Gasteiger partial charge in [0.1, 0.15) is 0 Å². The zero-order chi connectivity index (χ0) is 11.3. The summed E-state index contributed by atoms with van der Waals surface area (Å²) in [4.78, 5) is 0. The number of anilines is 1. The molecule has 0 saturated heterocycles. The van der Waals surface area contributed by atoms with Gasteiger partial charge in [0.05, 0.1) is 23.6 Å². The molecule has 0 aliphatic rings. The van der Waals surface area contributed by atoms with Crippen molar-refractivity contribution in [1.29, 1.82) is 5.26 Å². The van der Waals surface area contributed by atoms with E-state index in [1.54, 1.807) is 6.07 Å². The van der Waals surface area contributed by atoms with Crippen molar-refractivity contribution in [3.05, 3.63) is 29.3 Å². The summed E-state index contributed by atoms with van der Waals surface area (Å²) in [6.07, 6.45) is -0.572. The fourth-order valence-electron chi connectivity index (χ4n) is 1.24. The summed E-state index contributed by atoms with van der Waals surface area (Å²) < 4.78 is 0. The van der Waals surface area contributed by atoms with Crippen molar-refractivity contribution >= 4 is 17.3 Å². The molecule has 0 spiro atoms. The molecule has 4 heteroatoms. The van der Waals surface area contributed by atoms with Crippen molar-refractivity contribution in [3.8, 4) is 6.07 Å². The Morgan fingerprint density at radius 3 is 2.87 bits per heavy atom. The largest absolute Gasteiger partial charge is 0.390 e. The standard InChI is InChI=1S/C11H13ClN2O/c1-8-2-9(6-13)4-10(3-8)14-7-11(15)5-12/h2-4,11,14-15H,5,7H2,1H3. The van der Waals surface area contributed by atoms with Crippen LogP contribution in [0.15, 0.2) is 18.2 Å². The maximum atomic E-state index is 9.26. The minimum absolute atomic E-state index is 0.198. The highest BCUT2D eigenvalue weighted by molar-refractivity contribution is 6.18. The van der Waals surface area contributed by atoms with Crippen LogP contribution in [0.1, 0.15) is 11.1 Å². The highest BCUT2D eigenvalue weighted by Crippen LogP contribution is 2.13. The second-order valence-electron chi connectivity index (χ2n) is 3.39. The third-order valence-electron chi connectivity index (χ3n) is 1.93. The fourth-order valence-corrected chi connectivity index (χ4v) is 1.35. The number of aryl methyl sites for hydroxylation is 1. The fraction of sp³-hybridized carbons (Fsp3) is 0.364. The average Bonchev–Trinajstić information content (AvgIpc) is 2.25. The Labute approximate surface area is 94.3 Å². The maximum Gasteiger partial charge on any atom is 0.0992 e. The number of nitrogens with zero attached hydrogens (tertiary/aromatic N) is 1. The zero-order valence-electron chi connectivity index (χ0n) is 8.50. The van der Waals surface area contributed by atoms with E-state index in [1.165, 1.54) is 0 Å². The molecule has 0 amide bonds. The van der Waals surface area contributed by atoms with Gasteiger partial charge in [-0.15, -0.1) is 11.6 Å². The van der Waals surface area contributed by atoms with E-state index in [1.807, 2.05) is 19.1 Å². The van der Waals surface area contributed by atoms with Crippen molar-refractivity contribution in [3.63, 3.8) is 0 Å². The van der Waals surface area contributed by atoms with Gasteiger partial charge in [-0.3, -0.25) is 0 Å². The van der Waals surface area contributed by atoms with Crippen molar-refractivity contribution in [2.75, 3.05) is 17.7 Å². The number of aliphatic hydroxyl groups is 1. The molecule has 1 aromatic rings. The molecule has 0 radical (unpaired) electrons. The summed E-state index contributed by atoms with van der Waals surface area (Å²) in [5.41, 5.74) is 2.45. The summed E-state index contributed by atoms with van der Waals surface area (Å²) in [6.45, 7) is 2.31. The Balaban J connectivity index is 2.69. The average molecular weight is 225 g/mol. The minimum atomic E-state index is -0.572. The number of benzene rings is 1. The van der Waals surface area contributed by atoms with Crippen LogP contribution in [0.4, 0.5) is 5.69 Å². The number of nitriles is 1. The Morgan fingerprint density at radius 2 is 2.27 bits per heavy atom. The third kappa shape index (κ3) is 3.78. The lowest BCUT2D eigenvalue weighted by molar-refractivity contribution is 0.211. The van der Waals surface area contributed by atoms with Crippen molar-refractivity contribution < 1.29 is 5.11 Å². The summed E-state index contributed by atoms with van der Waals surface area (Å²) in [5, 5.41) is 21.0. The lowest BCUT2D eigenvalue weighted by atomic mass is 10.1. The normalized spacial score (nSPS) is 11.9. The first-order chi connectivity index (χ1) is 7.15. The van der Waals surface area contributed by atoms with Crippen molar-refractivity contribution in [2.45, 2.75) is 13.0 Å². The smallest absolute Gasteiger partial charge is 0.0992 e. The third-order valence-corrected chi connectivity index (χ3v) is 2.28. The van der Waals surface area contributed by atoms with E-state index < -0.39 is 6.10 Å². The van der Waals surface area contributed by atoms with Crippen molar-refractivity contribution in [1.82, 2.24) is 0 Å². The van der Waals surface area contributed by atoms with Gasteiger partial charge in [-0.2, -0.15) is 5.26 Å². The maximum absolute atomic E-state index is 9.26. The lowest BCUT2D eigenvalue weighted by Crippen LogP contribution is -2.20. The van der Waals surface area contributed by atoms with Crippen LogP contribution in [-0.2, 0) is 0 Å². The van der Waals surface area contributed by atoms with Gasteiger partial charge in [0.15, 0.2) is 0 Å². The SMILES string of the molecule is Cc1cc(C#N)cc(NCC(O)CCl)c1. The first kappa shape index (κ1) is 11.8. The minimum Gasteiger partial charge on any atom is -0.390 e. The van der Waals surface area contributed by atoms with E-state index in [9.17, 15) is 5.11 Å². The van der Waals surface area contributed by atoms with Crippen LogP contribution in [0.3, 0.4) is 0 Å². The van der Waals surface area contributed by atoms with E-state index in [0.717, 1.165) is 11.3 Å². The Bertz CT molecular complexity index is 373. The summed E-state index contributed by atoms with van der Waals surface area (Å²) >= 11 is 5.47. The first-order valence-corrected chi connectivity index (χ1v) is 5.19. The van der Waals surface area contributed by atoms with Gasteiger partial charge in [-0.1, -0.05) is 0 Å². The quantitative estimate of drug-likeness (QED) is 0.768. The molecule has 0 aromatic heterocycles. The molecular weight excluding hydrogens is 212 g/mol. The second kappa shape index (κ2) is 5.59. The number of hydrogen-bond donors (Lipinski definition) is 2. The van der Waals surface area contributed by atoms with Gasteiger partial charge in [0, 0.05) is 12.2 Å². The van der Waals surface area contributed by atoms with Crippen LogP contribution in [-0.4, -0.2) is 23.6 Å². The number of halogens is 1. The van der Waals surface area contributed by atoms with Gasteiger partial charge in [-0.05, 0) is 30.7 Å². The molecule has 0 heterocycles. The molecule has 80 valence electrons. The van der Waals surface area contributed by atoms with Gasteiger partial charge in [0.2, 0.25) is 0 Å². The van der Waals surface area contributed by atoms with Crippen molar-refractivity contribution in [2.24, 2.45) is 0 Å². The number of aliphatic hydroxyl groups excluding tert-OH is 1. The molecule has 15 heavy (non-hydrogen) atoms. The molecule has 1 unspecified atom stereocenters. The van der Waals surface area contributed by atoms with Gasteiger partial charge < -0.3 is 10.4 Å². The first-order valence-electron chi connectivity index (χ1n) is 4.65. The predicted molar refractivity (Wildman–Crippen MR) is 61.1 cm³/mol. The van der Waals surface area contributed by atoms with Gasteiger partial charge in [0.25, 0.3) is 0 Å². The van der Waals surface area contributed by atoms with E-state index in [0.29, 0.717) is 12.1 Å². The van der Waals surface area contributed by atoms with E-state index in [-0.39, 0.29) is 5.88 Å². The molecule has 1 atom stereocenters. The summed E-state index contributed by atoms with van der Waals surface area (Å²) in [6, 6.07) is 7.55. The van der Waals surface area contributed by atoms with Crippen LogP contribution in [0.2, 0.25) is 0 Å².